The van der Waals surface area contributed by atoms with Gasteiger partial charge in [0.2, 0.25) is 0 Å². The fourth-order valence-corrected chi connectivity index (χ4v) is 4.18. The Morgan fingerprint density at radius 3 is 2.03 bits per heavy atom. The van der Waals surface area contributed by atoms with Gasteiger partial charge >= 0.3 is 0 Å². The minimum Gasteiger partial charge on any atom is -0.251 e. The average Bonchev–Trinajstić information content (AvgIpc) is 2.74. The molecular weight excluding hydrogens is 376 g/mol. The van der Waals surface area contributed by atoms with E-state index < -0.39 is 17.5 Å². The molecule has 0 aliphatic heterocycles. The van der Waals surface area contributed by atoms with E-state index in [-0.39, 0.29) is 6.67 Å². The van der Waals surface area contributed by atoms with Crippen LogP contribution in [0.3, 0.4) is 0 Å². The molecule has 0 unspecified atom stereocenters. The predicted molar refractivity (Wildman–Crippen MR) is 110 cm³/mol. The SMILES string of the molecule is FCC/C=C/CC1CCC(CCc2ccc(-c3cc(F)c(F)c(F)c3)cc2)CC1. The van der Waals surface area contributed by atoms with E-state index in [2.05, 4.69) is 6.08 Å². The summed E-state index contributed by atoms with van der Waals surface area (Å²) < 4.78 is 52.1. The van der Waals surface area contributed by atoms with Gasteiger partial charge in [-0.05, 0) is 79.2 Å². The van der Waals surface area contributed by atoms with Crippen molar-refractivity contribution in [1.29, 1.82) is 0 Å². The predicted octanol–water partition coefficient (Wildman–Crippen LogP) is 7.82. The molecule has 29 heavy (non-hydrogen) atoms. The molecule has 2 aromatic rings. The van der Waals surface area contributed by atoms with Crippen LogP contribution in [0.5, 0.6) is 0 Å². The monoisotopic (exact) mass is 404 g/mol. The minimum atomic E-state index is -1.43. The molecule has 0 radical (unpaired) electrons. The molecule has 4 heteroatoms. The van der Waals surface area contributed by atoms with Crippen LogP contribution in [-0.4, -0.2) is 6.67 Å². The van der Waals surface area contributed by atoms with Gasteiger partial charge in [-0.25, -0.2) is 13.2 Å². The molecular formula is C25H28F4. The first-order valence-electron chi connectivity index (χ1n) is 10.5. The Kier molecular flexibility index (Phi) is 7.91. The fourth-order valence-electron chi connectivity index (χ4n) is 4.18. The van der Waals surface area contributed by atoms with Crippen molar-refractivity contribution in [3.8, 4) is 11.1 Å². The van der Waals surface area contributed by atoms with Crippen molar-refractivity contribution in [1.82, 2.24) is 0 Å². The topological polar surface area (TPSA) is 0 Å². The summed E-state index contributed by atoms with van der Waals surface area (Å²) >= 11 is 0. The molecule has 156 valence electrons. The van der Waals surface area contributed by atoms with Gasteiger partial charge in [-0.1, -0.05) is 49.3 Å². The highest BCUT2D eigenvalue weighted by Gasteiger charge is 2.20. The Hall–Kier alpha value is -2.10. The molecule has 0 nitrogen and oxygen atoms in total. The third-order valence-corrected chi connectivity index (χ3v) is 5.99. The van der Waals surface area contributed by atoms with E-state index in [4.69, 9.17) is 0 Å². The summed E-state index contributed by atoms with van der Waals surface area (Å²) in [6.45, 7) is -0.276. The van der Waals surface area contributed by atoms with Crippen LogP contribution in [0.1, 0.15) is 50.5 Å². The molecule has 1 aliphatic carbocycles. The number of aryl methyl sites for hydroxylation is 1. The van der Waals surface area contributed by atoms with Crippen LogP contribution in [0.2, 0.25) is 0 Å². The zero-order chi connectivity index (χ0) is 20.6. The first kappa shape index (κ1) is 21.6. The van der Waals surface area contributed by atoms with Crippen LogP contribution in [0.15, 0.2) is 48.6 Å². The zero-order valence-electron chi connectivity index (χ0n) is 16.6. The van der Waals surface area contributed by atoms with Crippen LogP contribution >= 0.6 is 0 Å². The highest BCUT2D eigenvalue weighted by molar-refractivity contribution is 5.63. The molecule has 0 atom stereocenters. The summed E-state index contributed by atoms with van der Waals surface area (Å²) in [7, 11) is 0. The summed E-state index contributed by atoms with van der Waals surface area (Å²) in [5, 5.41) is 0. The second kappa shape index (κ2) is 10.6. The molecule has 0 heterocycles. The highest BCUT2D eigenvalue weighted by Crippen LogP contribution is 2.33. The smallest absolute Gasteiger partial charge is 0.194 e. The maximum absolute atomic E-state index is 13.4. The third-order valence-electron chi connectivity index (χ3n) is 5.99. The van der Waals surface area contributed by atoms with Gasteiger partial charge in [0.15, 0.2) is 17.5 Å². The Morgan fingerprint density at radius 2 is 1.41 bits per heavy atom. The van der Waals surface area contributed by atoms with Crippen LogP contribution in [0.25, 0.3) is 11.1 Å². The number of alkyl halides is 1. The van der Waals surface area contributed by atoms with E-state index in [0.29, 0.717) is 17.5 Å². The molecule has 1 aliphatic rings. The third kappa shape index (κ3) is 6.19. The van der Waals surface area contributed by atoms with Crippen molar-refractivity contribution >= 4 is 0 Å². The first-order valence-corrected chi connectivity index (χ1v) is 10.5. The molecule has 0 bridgehead atoms. The van der Waals surface area contributed by atoms with Gasteiger partial charge in [-0.2, -0.15) is 0 Å². The van der Waals surface area contributed by atoms with E-state index in [9.17, 15) is 17.6 Å². The molecule has 0 saturated heterocycles. The average molecular weight is 404 g/mol. The lowest BCUT2D eigenvalue weighted by atomic mass is 9.78. The number of hydrogen-bond acceptors (Lipinski definition) is 0. The first-order chi connectivity index (χ1) is 14.1. The summed E-state index contributed by atoms with van der Waals surface area (Å²) in [5.41, 5.74) is 2.22. The molecule has 3 rings (SSSR count). The molecule has 0 aromatic heterocycles. The Labute approximate surface area is 170 Å². The lowest BCUT2D eigenvalue weighted by Crippen LogP contribution is -2.14. The molecule has 1 fully saturated rings. The molecule has 1 saturated carbocycles. The molecule has 0 N–H and O–H groups in total. The second-order valence-electron chi connectivity index (χ2n) is 8.06. The molecule has 2 aromatic carbocycles. The minimum absolute atomic E-state index is 0.276. The van der Waals surface area contributed by atoms with E-state index in [0.717, 1.165) is 43.2 Å². The zero-order valence-corrected chi connectivity index (χ0v) is 16.6. The van der Waals surface area contributed by atoms with Gasteiger partial charge in [-0.3, -0.25) is 4.39 Å². The number of halogens is 4. The number of hydrogen-bond donors (Lipinski definition) is 0. The maximum atomic E-state index is 13.4. The van der Waals surface area contributed by atoms with Crippen molar-refractivity contribution < 1.29 is 17.6 Å². The number of rotatable bonds is 8. The molecule has 0 spiro atoms. The van der Waals surface area contributed by atoms with Crippen molar-refractivity contribution in [2.75, 3.05) is 6.67 Å². The van der Waals surface area contributed by atoms with Gasteiger partial charge in [0.25, 0.3) is 0 Å². The highest BCUT2D eigenvalue weighted by atomic mass is 19.2. The van der Waals surface area contributed by atoms with Crippen molar-refractivity contribution in [2.24, 2.45) is 11.8 Å². The van der Waals surface area contributed by atoms with Crippen molar-refractivity contribution in [2.45, 2.75) is 51.4 Å². The summed E-state index contributed by atoms with van der Waals surface area (Å²) in [4.78, 5) is 0. The van der Waals surface area contributed by atoms with Gasteiger partial charge in [0.05, 0.1) is 6.67 Å². The second-order valence-corrected chi connectivity index (χ2v) is 8.06. The van der Waals surface area contributed by atoms with Gasteiger partial charge in [0.1, 0.15) is 0 Å². The fraction of sp³-hybridized carbons (Fsp3) is 0.440. The molecule has 0 amide bonds. The van der Waals surface area contributed by atoms with E-state index in [1.807, 2.05) is 30.3 Å². The Morgan fingerprint density at radius 1 is 0.793 bits per heavy atom. The van der Waals surface area contributed by atoms with E-state index >= 15 is 0 Å². The quantitative estimate of drug-likeness (QED) is 0.239. The lowest BCUT2D eigenvalue weighted by molar-refractivity contribution is 0.265. The Balaban J connectivity index is 1.46. The Bertz CT molecular complexity index is 779. The summed E-state index contributed by atoms with van der Waals surface area (Å²) in [6.07, 6.45) is 12.8. The van der Waals surface area contributed by atoms with Gasteiger partial charge in [-0.15, -0.1) is 0 Å². The standard InChI is InChI=1S/C25H28F4/c26-15-3-1-2-4-18-5-7-19(8-6-18)9-10-20-11-13-21(14-12-20)22-16-23(27)25(29)24(28)17-22/h1-2,11-14,16-19H,3-10,15H2/b2-1+. The van der Waals surface area contributed by atoms with Crippen LogP contribution < -0.4 is 0 Å². The van der Waals surface area contributed by atoms with Gasteiger partial charge in [0, 0.05) is 0 Å². The van der Waals surface area contributed by atoms with Crippen LogP contribution in [0, 0.1) is 29.3 Å². The summed E-state index contributed by atoms with van der Waals surface area (Å²) in [5.74, 6) is -2.30. The van der Waals surface area contributed by atoms with Crippen LogP contribution in [0.4, 0.5) is 17.6 Å². The number of benzene rings is 2. The van der Waals surface area contributed by atoms with Crippen molar-refractivity contribution in [3.63, 3.8) is 0 Å². The largest absolute Gasteiger partial charge is 0.251 e. The van der Waals surface area contributed by atoms with Gasteiger partial charge < -0.3 is 0 Å². The van der Waals surface area contributed by atoms with E-state index in [1.165, 1.54) is 31.2 Å². The maximum Gasteiger partial charge on any atom is 0.194 e. The van der Waals surface area contributed by atoms with E-state index in [1.54, 1.807) is 0 Å². The summed E-state index contributed by atoms with van der Waals surface area (Å²) in [6, 6.07) is 9.69. The lowest BCUT2D eigenvalue weighted by Gasteiger charge is -2.28. The number of allylic oxidation sites excluding steroid dienone is 2. The van der Waals surface area contributed by atoms with Crippen LogP contribution in [-0.2, 0) is 6.42 Å². The normalized spacial score (nSPS) is 19.7. The van der Waals surface area contributed by atoms with Crippen molar-refractivity contribution in [3.05, 3.63) is 71.6 Å².